The van der Waals surface area contributed by atoms with Gasteiger partial charge in [0.05, 0.1) is 18.4 Å². The van der Waals surface area contributed by atoms with Gasteiger partial charge in [0.1, 0.15) is 0 Å². The molecule has 2 fully saturated rings. The Morgan fingerprint density at radius 1 is 0.923 bits per heavy atom. The van der Waals surface area contributed by atoms with Crippen LogP contribution in [-0.2, 0) is 16.1 Å². The molecule has 2 heterocycles. The Morgan fingerprint density at radius 3 is 2.19 bits per heavy atom. The predicted octanol–water partition coefficient (Wildman–Crippen LogP) is 3.63. The van der Waals surface area contributed by atoms with E-state index in [2.05, 4.69) is 20.8 Å². The van der Waals surface area contributed by atoms with Crippen LogP contribution in [0.2, 0.25) is 0 Å². The number of carbonyl (C=O) groups excluding carboxylic acids is 2. The number of hydrogen-bond acceptors (Lipinski definition) is 3. The van der Waals surface area contributed by atoms with E-state index in [4.69, 9.17) is 0 Å². The van der Waals surface area contributed by atoms with Crippen LogP contribution in [0.1, 0.15) is 24.1 Å². The van der Waals surface area contributed by atoms with Gasteiger partial charge in [-0.3, -0.25) is 19.4 Å². The van der Waals surface area contributed by atoms with Crippen molar-refractivity contribution >= 4 is 27.7 Å². The van der Waals surface area contributed by atoms with E-state index in [1.807, 2.05) is 68.6 Å². The number of nitrogens with zero attached hydrogens (tertiary/aromatic N) is 2. The van der Waals surface area contributed by atoms with Gasteiger partial charge in [-0.15, -0.1) is 0 Å². The Morgan fingerprint density at radius 2 is 1.54 bits per heavy atom. The summed E-state index contributed by atoms with van der Waals surface area (Å²) >= 11 is 3.46. The molecular weight excluding hydrogens is 392 g/mol. The number of benzene rings is 2. The first-order chi connectivity index (χ1) is 12.5. The third-order valence-corrected chi connectivity index (χ3v) is 6.35. The third kappa shape index (κ3) is 2.70. The lowest BCUT2D eigenvalue weighted by Gasteiger charge is -2.28. The van der Waals surface area contributed by atoms with Gasteiger partial charge < -0.3 is 0 Å². The van der Waals surface area contributed by atoms with Crippen LogP contribution >= 0.6 is 15.9 Å². The molecule has 5 heteroatoms. The number of imide groups is 1. The highest BCUT2D eigenvalue weighted by Crippen LogP contribution is 2.49. The van der Waals surface area contributed by atoms with Gasteiger partial charge in [0.15, 0.2) is 0 Å². The van der Waals surface area contributed by atoms with Crippen molar-refractivity contribution in [2.24, 2.45) is 11.8 Å². The minimum absolute atomic E-state index is 0.0332. The lowest BCUT2D eigenvalue weighted by molar-refractivity contribution is -0.142. The molecule has 2 amide bonds. The van der Waals surface area contributed by atoms with E-state index >= 15 is 0 Å². The zero-order chi connectivity index (χ0) is 18.4. The quantitative estimate of drug-likeness (QED) is 0.722. The maximum atomic E-state index is 13.2. The molecule has 4 nitrogen and oxygen atoms in total. The lowest BCUT2D eigenvalue weighted by atomic mass is 9.87. The SMILES string of the molecule is CC1C2C(=O)N(Cc3ccccc3)C(=O)C2C(c2ccc(Br)cc2)N1C. The van der Waals surface area contributed by atoms with Crippen LogP contribution in [0.15, 0.2) is 59.1 Å². The molecule has 2 aliphatic heterocycles. The van der Waals surface area contributed by atoms with E-state index < -0.39 is 0 Å². The van der Waals surface area contributed by atoms with Crippen LogP contribution in [0.5, 0.6) is 0 Å². The van der Waals surface area contributed by atoms with E-state index in [9.17, 15) is 9.59 Å². The number of carbonyl (C=O) groups is 2. The Hall–Kier alpha value is -1.98. The Kier molecular flexibility index (Phi) is 4.45. The lowest BCUT2D eigenvalue weighted by Crippen LogP contribution is -2.38. The summed E-state index contributed by atoms with van der Waals surface area (Å²) in [5, 5.41) is 0. The Bertz CT molecular complexity index is 837. The van der Waals surface area contributed by atoms with Crippen molar-refractivity contribution in [1.82, 2.24) is 9.80 Å². The number of likely N-dealkylation sites (tertiary alicyclic amines) is 2. The first-order valence-corrected chi connectivity index (χ1v) is 9.65. The maximum absolute atomic E-state index is 13.2. The van der Waals surface area contributed by atoms with Crippen molar-refractivity contribution in [3.8, 4) is 0 Å². The normalized spacial score (nSPS) is 28.7. The van der Waals surface area contributed by atoms with Crippen molar-refractivity contribution in [3.05, 3.63) is 70.2 Å². The summed E-state index contributed by atoms with van der Waals surface area (Å²) in [5.41, 5.74) is 2.06. The van der Waals surface area contributed by atoms with E-state index in [1.165, 1.54) is 4.90 Å². The molecule has 4 unspecified atom stereocenters. The van der Waals surface area contributed by atoms with Crippen LogP contribution in [0, 0.1) is 11.8 Å². The zero-order valence-corrected chi connectivity index (χ0v) is 16.4. The summed E-state index contributed by atoms with van der Waals surface area (Å²) in [5.74, 6) is -0.673. The summed E-state index contributed by atoms with van der Waals surface area (Å²) in [6.45, 7) is 2.41. The van der Waals surface area contributed by atoms with Gasteiger partial charge in [0, 0.05) is 16.6 Å². The minimum Gasteiger partial charge on any atom is -0.295 e. The highest BCUT2D eigenvalue weighted by molar-refractivity contribution is 9.10. The molecule has 4 atom stereocenters. The zero-order valence-electron chi connectivity index (χ0n) is 14.8. The van der Waals surface area contributed by atoms with Crippen molar-refractivity contribution in [2.75, 3.05) is 7.05 Å². The van der Waals surface area contributed by atoms with Crippen LogP contribution in [0.3, 0.4) is 0 Å². The van der Waals surface area contributed by atoms with Gasteiger partial charge in [-0.25, -0.2) is 0 Å². The number of hydrogen-bond donors (Lipinski definition) is 0. The molecule has 0 radical (unpaired) electrons. The van der Waals surface area contributed by atoms with Gasteiger partial charge >= 0.3 is 0 Å². The van der Waals surface area contributed by atoms with Gasteiger partial charge in [-0.05, 0) is 37.2 Å². The first kappa shape index (κ1) is 17.4. The summed E-state index contributed by atoms with van der Waals surface area (Å²) in [7, 11) is 2.01. The fourth-order valence-corrected chi connectivity index (χ4v) is 4.66. The standard InChI is InChI=1S/C21H21BrN2O2/c1-13-17-18(19(23(13)2)15-8-10-16(22)11-9-15)21(26)24(20(17)25)12-14-6-4-3-5-7-14/h3-11,13,17-19H,12H2,1-2H3. The molecular formula is C21H21BrN2O2. The third-order valence-electron chi connectivity index (χ3n) is 5.83. The Balaban J connectivity index is 1.67. The van der Waals surface area contributed by atoms with Crippen LogP contribution < -0.4 is 0 Å². The molecule has 4 rings (SSSR count). The highest BCUT2D eigenvalue weighted by Gasteiger charge is 2.59. The first-order valence-electron chi connectivity index (χ1n) is 8.85. The number of amides is 2. The largest absolute Gasteiger partial charge is 0.295 e. The van der Waals surface area contributed by atoms with Crippen LogP contribution in [0.4, 0.5) is 0 Å². The molecule has 0 spiro atoms. The predicted molar refractivity (Wildman–Crippen MR) is 103 cm³/mol. The van der Waals surface area contributed by atoms with Crippen molar-refractivity contribution in [3.63, 3.8) is 0 Å². The number of fused-ring (bicyclic) bond motifs is 1. The molecule has 2 aliphatic rings. The fraction of sp³-hybridized carbons (Fsp3) is 0.333. The maximum Gasteiger partial charge on any atom is 0.235 e. The smallest absolute Gasteiger partial charge is 0.235 e. The van der Waals surface area contributed by atoms with Gasteiger partial charge in [-0.1, -0.05) is 58.4 Å². The van der Waals surface area contributed by atoms with E-state index in [0.717, 1.165) is 15.6 Å². The van der Waals surface area contributed by atoms with Crippen molar-refractivity contribution < 1.29 is 9.59 Å². The summed E-state index contributed by atoms with van der Waals surface area (Å²) in [6.07, 6.45) is 0. The van der Waals surface area contributed by atoms with Crippen molar-refractivity contribution in [1.29, 1.82) is 0 Å². The molecule has 2 aromatic rings. The molecule has 0 bridgehead atoms. The second-order valence-electron chi connectivity index (χ2n) is 7.20. The molecule has 0 aliphatic carbocycles. The molecule has 2 aromatic carbocycles. The van der Waals surface area contributed by atoms with Gasteiger partial charge in [0.2, 0.25) is 11.8 Å². The van der Waals surface area contributed by atoms with E-state index in [0.29, 0.717) is 6.54 Å². The average Bonchev–Trinajstić information content (AvgIpc) is 3.04. The number of halogens is 1. The molecule has 0 N–H and O–H groups in total. The summed E-state index contributed by atoms with van der Waals surface area (Å²) in [6, 6.07) is 17.7. The molecule has 2 saturated heterocycles. The number of rotatable bonds is 3. The second-order valence-corrected chi connectivity index (χ2v) is 8.12. The summed E-state index contributed by atoms with van der Waals surface area (Å²) in [4.78, 5) is 29.9. The van der Waals surface area contributed by atoms with Gasteiger partial charge in [-0.2, -0.15) is 0 Å². The summed E-state index contributed by atoms with van der Waals surface area (Å²) < 4.78 is 1.01. The monoisotopic (exact) mass is 412 g/mol. The van der Waals surface area contributed by atoms with E-state index in [-0.39, 0.29) is 35.7 Å². The Labute approximate surface area is 161 Å². The van der Waals surface area contributed by atoms with Crippen LogP contribution in [0.25, 0.3) is 0 Å². The average molecular weight is 413 g/mol. The van der Waals surface area contributed by atoms with E-state index in [1.54, 1.807) is 0 Å². The molecule has 26 heavy (non-hydrogen) atoms. The fourth-order valence-electron chi connectivity index (χ4n) is 4.40. The minimum atomic E-state index is -0.313. The molecule has 0 aromatic heterocycles. The molecule has 0 saturated carbocycles. The van der Waals surface area contributed by atoms with Crippen molar-refractivity contribution in [2.45, 2.75) is 25.6 Å². The highest BCUT2D eigenvalue weighted by atomic mass is 79.9. The van der Waals surface area contributed by atoms with Crippen LogP contribution in [-0.4, -0.2) is 34.7 Å². The van der Waals surface area contributed by atoms with Gasteiger partial charge in [0.25, 0.3) is 0 Å². The molecule has 134 valence electrons. The second kappa shape index (κ2) is 6.63. The topological polar surface area (TPSA) is 40.6 Å².